The molecule has 0 unspecified atom stereocenters. The third-order valence-electron chi connectivity index (χ3n) is 3.94. The van der Waals surface area contributed by atoms with Gasteiger partial charge in [0.2, 0.25) is 0 Å². The van der Waals surface area contributed by atoms with E-state index in [4.69, 9.17) is 4.74 Å². The van der Waals surface area contributed by atoms with Crippen LogP contribution in [0.5, 0.6) is 0 Å². The van der Waals surface area contributed by atoms with E-state index in [9.17, 15) is 23.2 Å². The van der Waals surface area contributed by atoms with E-state index in [1.165, 1.54) is 14.2 Å². The third-order valence-corrected chi connectivity index (χ3v) is 3.94. The van der Waals surface area contributed by atoms with Crippen LogP contribution in [-0.2, 0) is 36.8 Å². The number of halogens is 2. The number of hydrogen-bond acceptors (Lipinski definition) is 6. The molecular weight excluding hydrogens is 388 g/mol. The van der Waals surface area contributed by atoms with Gasteiger partial charge in [0.1, 0.15) is 18.2 Å². The van der Waals surface area contributed by atoms with Crippen molar-refractivity contribution in [2.75, 3.05) is 19.5 Å². The highest BCUT2D eigenvalue weighted by Crippen LogP contribution is 2.17. The van der Waals surface area contributed by atoms with Crippen LogP contribution in [0.25, 0.3) is 0 Å². The molecule has 0 spiro atoms. The number of carbonyl (C=O) groups is 3. The number of benzene rings is 2. The molecule has 29 heavy (non-hydrogen) atoms. The number of anilines is 1. The van der Waals surface area contributed by atoms with Crippen molar-refractivity contribution in [1.82, 2.24) is 0 Å². The zero-order chi connectivity index (χ0) is 21.4. The Morgan fingerprint density at radius 3 is 2.24 bits per heavy atom. The van der Waals surface area contributed by atoms with Gasteiger partial charge in [0.25, 0.3) is 0 Å². The van der Waals surface area contributed by atoms with Crippen LogP contribution >= 0.6 is 0 Å². The molecular formula is C20H19F2NO6. The van der Waals surface area contributed by atoms with Crippen LogP contribution in [0.4, 0.5) is 19.3 Å². The Balaban J connectivity index is 1.99. The maximum absolute atomic E-state index is 13.6. The zero-order valence-corrected chi connectivity index (χ0v) is 15.7. The first-order valence-corrected chi connectivity index (χ1v) is 8.46. The molecule has 0 bridgehead atoms. The maximum Gasteiger partial charge on any atom is 0.412 e. The van der Waals surface area contributed by atoms with Crippen molar-refractivity contribution in [3.05, 3.63) is 65.2 Å². The lowest BCUT2D eigenvalue weighted by atomic mass is 9.98. The van der Waals surface area contributed by atoms with Gasteiger partial charge < -0.3 is 14.2 Å². The van der Waals surface area contributed by atoms with Crippen LogP contribution < -0.4 is 5.32 Å². The van der Waals surface area contributed by atoms with Gasteiger partial charge in [-0.2, -0.15) is 0 Å². The summed E-state index contributed by atoms with van der Waals surface area (Å²) < 4.78 is 40.7. The molecule has 0 saturated carbocycles. The Kier molecular flexibility index (Phi) is 7.64. The van der Waals surface area contributed by atoms with Crippen molar-refractivity contribution in [2.45, 2.75) is 13.0 Å². The quantitative estimate of drug-likeness (QED) is 0.431. The Bertz CT molecular complexity index is 886. The van der Waals surface area contributed by atoms with Crippen molar-refractivity contribution >= 4 is 23.7 Å². The predicted molar refractivity (Wildman–Crippen MR) is 97.8 cm³/mol. The van der Waals surface area contributed by atoms with Crippen LogP contribution in [0, 0.1) is 17.6 Å². The van der Waals surface area contributed by atoms with E-state index >= 15 is 0 Å². The van der Waals surface area contributed by atoms with E-state index in [-0.39, 0.29) is 18.7 Å². The number of nitrogens with one attached hydrogen (secondary N) is 1. The van der Waals surface area contributed by atoms with Crippen LogP contribution in [0.2, 0.25) is 0 Å². The molecule has 0 heterocycles. The number of rotatable bonds is 7. The maximum atomic E-state index is 13.6. The minimum atomic E-state index is -1.12. The molecule has 1 N–H and O–H groups in total. The lowest BCUT2D eigenvalue weighted by Crippen LogP contribution is -2.28. The largest absolute Gasteiger partial charge is 0.468 e. The number of hydrogen-bond donors (Lipinski definition) is 1. The van der Waals surface area contributed by atoms with E-state index in [0.29, 0.717) is 17.2 Å². The molecule has 154 valence electrons. The highest BCUT2D eigenvalue weighted by Gasteiger charge is 2.28. The molecule has 0 radical (unpaired) electrons. The number of esters is 2. The van der Waals surface area contributed by atoms with Crippen LogP contribution in [0.3, 0.4) is 0 Å². The molecule has 1 amide bonds. The van der Waals surface area contributed by atoms with E-state index in [1.54, 1.807) is 24.3 Å². The summed E-state index contributed by atoms with van der Waals surface area (Å²) in [6, 6.07) is 9.38. The highest BCUT2D eigenvalue weighted by molar-refractivity contribution is 5.95. The lowest BCUT2D eigenvalue weighted by Gasteiger charge is -2.13. The first-order chi connectivity index (χ1) is 13.8. The molecule has 2 aromatic carbocycles. The smallest absolute Gasteiger partial charge is 0.412 e. The van der Waals surface area contributed by atoms with Crippen molar-refractivity contribution in [1.29, 1.82) is 0 Å². The summed E-state index contributed by atoms with van der Waals surface area (Å²) >= 11 is 0. The summed E-state index contributed by atoms with van der Waals surface area (Å²) in [6.45, 7) is -0.149. The molecule has 0 aromatic heterocycles. The molecule has 7 nitrogen and oxygen atoms in total. The summed E-state index contributed by atoms with van der Waals surface area (Å²) in [5, 5.41) is 2.17. The molecule has 2 rings (SSSR count). The molecule has 0 fully saturated rings. The molecule has 0 aliphatic heterocycles. The molecule has 0 atom stereocenters. The van der Waals surface area contributed by atoms with E-state index in [2.05, 4.69) is 14.8 Å². The minimum Gasteiger partial charge on any atom is -0.468 e. The van der Waals surface area contributed by atoms with Crippen LogP contribution in [0.1, 0.15) is 11.1 Å². The molecule has 0 aliphatic rings. The van der Waals surface area contributed by atoms with Crippen LogP contribution in [-0.4, -0.2) is 32.3 Å². The van der Waals surface area contributed by atoms with Gasteiger partial charge in [-0.1, -0.05) is 24.3 Å². The fourth-order valence-corrected chi connectivity index (χ4v) is 2.52. The van der Waals surface area contributed by atoms with Gasteiger partial charge in [-0.25, -0.2) is 13.6 Å². The summed E-state index contributed by atoms with van der Waals surface area (Å²) in [6.07, 6.45) is -0.886. The SMILES string of the molecule is COC(=O)C(Cc1cccc(COC(=O)Nc2ccc(F)cc2F)c1)C(=O)OC. The fourth-order valence-electron chi connectivity index (χ4n) is 2.52. The normalized spacial score (nSPS) is 10.4. The number of carbonyl (C=O) groups excluding carboxylic acids is 3. The van der Waals surface area contributed by atoms with E-state index < -0.39 is 35.6 Å². The summed E-state index contributed by atoms with van der Waals surface area (Å²) in [5.74, 6) is -4.26. The van der Waals surface area contributed by atoms with Crippen molar-refractivity contribution in [2.24, 2.45) is 5.92 Å². The Hall–Kier alpha value is -3.49. The monoisotopic (exact) mass is 407 g/mol. The zero-order valence-electron chi connectivity index (χ0n) is 15.7. The second-order valence-electron chi connectivity index (χ2n) is 5.95. The second-order valence-corrected chi connectivity index (χ2v) is 5.95. The Labute approximate surface area is 165 Å². The number of ether oxygens (including phenoxy) is 3. The van der Waals surface area contributed by atoms with Crippen molar-refractivity contribution in [3.63, 3.8) is 0 Å². The lowest BCUT2D eigenvalue weighted by molar-refractivity contribution is -0.158. The third kappa shape index (κ3) is 6.27. The summed E-state index contributed by atoms with van der Waals surface area (Å²) in [7, 11) is 2.34. The minimum absolute atomic E-state index is 0.0418. The van der Waals surface area contributed by atoms with Gasteiger partial charge in [-0.05, 0) is 29.7 Å². The van der Waals surface area contributed by atoms with E-state index in [1.807, 2.05) is 0 Å². The topological polar surface area (TPSA) is 90.9 Å². The molecule has 2 aromatic rings. The van der Waals surface area contributed by atoms with E-state index in [0.717, 1.165) is 12.1 Å². The van der Waals surface area contributed by atoms with Crippen LogP contribution in [0.15, 0.2) is 42.5 Å². The van der Waals surface area contributed by atoms with Crippen molar-refractivity contribution < 1.29 is 37.4 Å². The van der Waals surface area contributed by atoms with Crippen molar-refractivity contribution in [3.8, 4) is 0 Å². The molecule has 9 heteroatoms. The number of methoxy groups -OCH3 is 2. The first-order valence-electron chi connectivity index (χ1n) is 8.46. The van der Waals surface area contributed by atoms with Gasteiger partial charge in [0.15, 0.2) is 5.92 Å². The van der Waals surface area contributed by atoms with Gasteiger partial charge in [-0.15, -0.1) is 0 Å². The Morgan fingerprint density at radius 1 is 0.966 bits per heavy atom. The van der Waals surface area contributed by atoms with Gasteiger partial charge in [0, 0.05) is 6.07 Å². The van der Waals surface area contributed by atoms with Gasteiger partial charge in [-0.3, -0.25) is 14.9 Å². The summed E-state index contributed by atoms with van der Waals surface area (Å²) in [4.78, 5) is 35.4. The fraction of sp³-hybridized carbons (Fsp3) is 0.250. The molecule has 0 saturated heterocycles. The standard InChI is InChI=1S/C20H19F2NO6/c1-27-18(24)15(19(25)28-2)9-12-4-3-5-13(8-12)11-29-20(26)23-17-7-6-14(21)10-16(17)22/h3-8,10,15H,9,11H2,1-2H3,(H,23,26). The average molecular weight is 407 g/mol. The highest BCUT2D eigenvalue weighted by atomic mass is 19.1. The Morgan fingerprint density at radius 2 is 1.62 bits per heavy atom. The average Bonchev–Trinajstić information content (AvgIpc) is 2.71. The summed E-state index contributed by atoms with van der Waals surface area (Å²) in [5.41, 5.74) is 0.978. The first kappa shape index (κ1) is 21.8. The van der Waals surface area contributed by atoms with Gasteiger partial charge in [0.05, 0.1) is 19.9 Å². The second kappa shape index (κ2) is 10.2. The molecule has 0 aliphatic carbocycles. The van der Waals surface area contributed by atoms with Gasteiger partial charge >= 0.3 is 18.0 Å². The number of amides is 1. The predicted octanol–water partition coefficient (Wildman–Crippen LogP) is 3.22.